The predicted molar refractivity (Wildman–Crippen MR) is 70.6 cm³/mol. The molecule has 16 heavy (non-hydrogen) atoms. The van der Waals surface area contributed by atoms with E-state index in [1.54, 1.807) is 0 Å². The summed E-state index contributed by atoms with van der Waals surface area (Å²) in [6, 6.07) is 7.19. The molecule has 1 atom stereocenters. The highest BCUT2D eigenvalue weighted by molar-refractivity contribution is 5.31. The highest BCUT2D eigenvalue weighted by atomic mass is 15.1. The Morgan fingerprint density at radius 1 is 1.25 bits per heavy atom. The molecule has 2 heteroatoms. The Morgan fingerprint density at radius 3 is 2.50 bits per heavy atom. The van der Waals surface area contributed by atoms with Crippen LogP contribution in [0.2, 0.25) is 0 Å². The molecule has 0 amide bonds. The Balaban J connectivity index is 2.71. The van der Waals surface area contributed by atoms with Gasteiger partial charge in [-0.05, 0) is 64.0 Å². The topological polar surface area (TPSA) is 29.3 Å². The third kappa shape index (κ3) is 3.32. The summed E-state index contributed by atoms with van der Waals surface area (Å²) in [5.41, 5.74) is 9.66. The predicted octanol–water partition coefficient (Wildman–Crippen LogP) is 2.65. The van der Waals surface area contributed by atoms with E-state index in [-0.39, 0.29) is 0 Å². The van der Waals surface area contributed by atoms with Crippen LogP contribution in [0.25, 0.3) is 0 Å². The molecule has 1 rings (SSSR count). The summed E-state index contributed by atoms with van der Waals surface area (Å²) in [7, 11) is 2.16. The number of hydrogen-bond acceptors (Lipinski definition) is 2. The van der Waals surface area contributed by atoms with Crippen LogP contribution in [-0.2, 0) is 0 Å². The van der Waals surface area contributed by atoms with Crippen molar-refractivity contribution in [3.63, 3.8) is 0 Å². The SMILES string of the molecule is Cc1ccc(C(C)N(C)CCCN)cc1C. The normalized spacial score (nSPS) is 13.1. The number of aryl methyl sites for hydroxylation is 2. The molecule has 1 aromatic rings. The van der Waals surface area contributed by atoms with Crippen LogP contribution in [0.1, 0.15) is 36.1 Å². The van der Waals surface area contributed by atoms with Crippen LogP contribution in [0.5, 0.6) is 0 Å². The van der Waals surface area contributed by atoms with Gasteiger partial charge in [0.05, 0.1) is 0 Å². The molecular weight excluding hydrogens is 196 g/mol. The van der Waals surface area contributed by atoms with Crippen molar-refractivity contribution in [2.45, 2.75) is 33.2 Å². The van der Waals surface area contributed by atoms with Gasteiger partial charge in [-0.3, -0.25) is 4.90 Å². The summed E-state index contributed by atoms with van der Waals surface area (Å²) in [6.07, 6.45) is 1.06. The molecule has 0 spiro atoms. The van der Waals surface area contributed by atoms with E-state index in [0.717, 1.165) is 19.5 Å². The van der Waals surface area contributed by atoms with Gasteiger partial charge in [-0.1, -0.05) is 18.2 Å². The maximum Gasteiger partial charge on any atom is 0.0316 e. The van der Waals surface area contributed by atoms with Crippen LogP contribution in [0, 0.1) is 13.8 Å². The van der Waals surface area contributed by atoms with Gasteiger partial charge in [0.1, 0.15) is 0 Å². The van der Waals surface area contributed by atoms with Gasteiger partial charge in [0.15, 0.2) is 0 Å². The van der Waals surface area contributed by atoms with Crippen LogP contribution in [0.15, 0.2) is 18.2 Å². The Labute approximate surface area is 99.5 Å². The average molecular weight is 220 g/mol. The summed E-state index contributed by atoms with van der Waals surface area (Å²) >= 11 is 0. The zero-order chi connectivity index (χ0) is 12.1. The maximum absolute atomic E-state index is 5.53. The molecule has 90 valence electrons. The van der Waals surface area contributed by atoms with Gasteiger partial charge in [0.25, 0.3) is 0 Å². The molecular formula is C14H24N2. The van der Waals surface area contributed by atoms with Crippen molar-refractivity contribution in [1.29, 1.82) is 0 Å². The Morgan fingerprint density at radius 2 is 1.94 bits per heavy atom. The first kappa shape index (κ1) is 13.2. The molecule has 0 aliphatic heterocycles. The second-order valence-electron chi connectivity index (χ2n) is 4.64. The van der Waals surface area contributed by atoms with Gasteiger partial charge < -0.3 is 5.73 Å². The van der Waals surface area contributed by atoms with E-state index >= 15 is 0 Å². The van der Waals surface area contributed by atoms with Gasteiger partial charge in [0, 0.05) is 6.04 Å². The smallest absolute Gasteiger partial charge is 0.0316 e. The minimum Gasteiger partial charge on any atom is -0.330 e. The molecule has 0 aliphatic carbocycles. The molecule has 0 heterocycles. The minimum absolute atomic E-state index is 0.464. The van der Waals surface area contributed by atoms with E-state index in [9.17, 15) is 0 Å². The fraction of sp³-hybridized carbons (Fsp3) is 0.571. The molecule has 0 radical (unpaired) electrons. The van der Waals surface area contributed by atoms with Crippen LogP contribution < -0.4 is 5.73 Å². The van der Waals surface area contributed by atoms with E-state index < -0.39 is 0 Å². The first-order valence-corrected chi connectivity index (χ1v) is 6.03. The number of nitrogens with zero attached hydrogens (tertiary/aromatic N) is 1. The summed E-state index contributed by atoms with van der Waals surface area (Å²) < 4.78 is 0. The van der Waals surface area contributed by atoms with Gasteiger partial charge in [-0.25, -0.2) is 0 Å². The molecule has 0 aliphatic rings. The lowest BCUT2D eigenvalue weighted by Gasteiger charge is -2.25. The Bertz CT molecular complexity index is 334. The average Bonchev–Trinajstić information content (AvgIpc) is 2.28. The molecule has 1 unspecified atom stereocenters. The van der Waals surface area contributed by atoms with Crippen molar-refractivity contribution in [2.24, 2.45) is 5.73 Å². The highest BCUT2D eigenvalue weighted by Crippen LogP contribution is 2.21. The zero-order valence-electron chi connectivity index (χ0n) is 11.0. The van der Waals surface area contributed by atoms with E-state index in [1.807, 2.05) is 0 Å². The van der Waals surface area contributed by atoms with Gasteiger partial charge in [-0.2, -0.15) is 0 Å². The van der Waals surface area contributed by atoms with Crippen molar-refractivity contribution >= 4 is 0 Å². The quantitative estimate of drug-likeness (QED) is 0.826. The minimum atomic E-state index is 0.464. The first-order valence-electron chi connectivity index (χ1n) is 6.03. The highest BCUT2D eigenvalue weighted by Gasteiger charge is 2.11. The first-order chi connectivity index (χ1) is 7.56. The third-order valence-corrected chi connectivity index (χ3v) is 3.39. The van der Waals surface area contributed by atoms with Crippen molar-refractivity contribution < 1.29 is 0 Å². The lowest BCUT2D eigenvalue weighted by molar-refractivity contribution is 0.260. The van der Waals surface area contributed by atoms with Crippen molar-refractivity contribution in [3.05, 3.63) is 34.9 Å². The zero-order valence-corrected chi connectivity index (χ0v) is 11.0. The Hall–Kier alpha value is -0.860. The number of rotatable bonds is 5. The lowest BCUT2D eigenvalue weighted by atomic mass is 10.0. The Kier molecular flexibility index (Phi) is 4.97. The number of nitrogens with two attached hydrogens (primary N) is 1. The largest absolute Gasteiger partial charge is 0.330 e. The molecule has 0 aromatic heterocycles. The summed E-state index contributed by atoms with van der Waals surface area (Å²) in [4.78, 5) is 2.36. The summed E-state index contributed by atoms with van der Waals surface area (Å²) in [5, 5.41) is 0. The fourth-order valence-electron chi connectivity index (χ4n) is 1.81. The molecule has 0 saturated carbocycles. The molecule has 0 bridgehead atoms. The monoisotopic (exact) mass is 220 g/mol. The standard InChI is InChI=1S/C14H24N2/c1-11-6-7-14(10-12(11)2)13(3)16(4)9-5-8-15/h6-7,10,13H,5,8-9,15H2,1-4H3. The molecule has 0 fully saturated rings. The number of hydrogen-bond donors (Lipinski definition) is 1. The molecule has 2 N–H and O–H groups in total. The molecule has 2 nitrogen and oxygen atoms in total. The second-order valence-corrected chi connectivity index (χ2v) is 4.64. The molecule has 0 saturated heterocycles. The maximum atomic E-state index is 5.53. The van der Waals surface area contributed by atoms with Crippen LogP contribution in [0.3, 0.4) is 0 Å². The van der Waals surface area contributed by atoms with Gasteiger partial charge in [0.2, 0.25) is 0 Å². The third-order valence-electron chi connectivity index (χ3n) is 3.39. The van der Waals surface area contributed by atoms with Crippen molar-refractivity contribution in [1.82, 2.24) is 4.90 Å². The van der Waals surface area contributed by atoms with E-state index in [0.29, 0.717) is 6.04 Å². The van der Waals surface area contributed by atoms with E-state index in [2.05, 4.69) is 50.9 Å². The van der Waals surface area contributed by atoms with Gasteiger partial charge >= 0.3 is 0 Å². The van der Waals surface area contributed by atoms with E-state index in [4.69, 9.17) is 5.73 Å². The van der Waals surface area contributed by atoms with Crippen molar-refractivity contribution in [3.8, 4) is 0 Å². The van der Waals surface area contributed by atoms with Crippen LogP contribution >= 0.6 is 0 Å². The van der Waals surface area contributed by atoms with E-state index in [1.165, 1.54) is 16.7 Å². The fourth-order valence-corrected chi connectivity index (χ4v) is 1.81. The lowest BCUT2D eigenvalue weighted by Crippen LogP contribution is -2.25. The second kappa shape index (κ2) is 6.02. The van der Waals surface area contributed by atoms with Gasteiger partial charge in [-0.15, -0.1) is 0 Å². The summed E-state index contributed by atoms with van der Waals surface area (Å²) in [6.45, 7) is 8.41. The van der Waals surface area contributed by atoms with Crippen molar-refractivity contribution in [2.75, 3.05) is 20.1 Å². The van der Waals surface area contributed by atoms with Crippen LogP contribution in [0.4, 0.5) is 0 Å². The molecule has 1 aromatic carbocycles. The number of benzene rings is 1. The summed E-state index contributed by atoms with van der Waals surface area (Å²) in [5.74, 6) is 0. The van der Waals surface area contributed by atoms with Crippen LogP contribution in [-0.4, -0.2) is 25.0 Å².